The molecule has 40 heavy (non-hydrogen) atoms. The number of nitro benzene ring substituents is 1. The fraction of sp³-hybridized carbons (Fsp3) is 0.154. The Balaban J connectivity index is 1.36. The van der Waals surface area contributed by atoms with Crippen LogP contribution >= 0.6 is 34.4 Å². The van der Waals surface area contributed by atoms with Gasteiger partial charge in [0.2, 0.25) is 17.7 Å². The normalized spacial score (nSPS) is 19.8. The summed E-state index contributed by atoms with van der Waals surface area (Å²) in [5, 5.41) is 24.7. The highest BCUT2D eigenvalue weighted by Crippen LogP contribution is 2.54. The zero-order valence-electron chi connectivity index (χ0n) is 20.3. The molecule has 2 aliphatic rings. The molecule has 0 saturated carbocycles. The van der Waals surface area contributed by atoms with Crippen molar-refractivity contribution in [2.75, 3.05) is 10.2 Å². The van der Waals surface area contributed by atoms with E-state index >= 15 is 0 Å². The first-order chi connectivity index (χ1) is 19.2. The summed E-state index contributed by atoms with van der Waals surface area (Å²) in [4.78, 5) is 66.1. The minimum Gasteiger partial charge on any atom is -0.508 e. The highest BCUT2D eigenvalue weighted by atomic mass is 32.2. The number of nitrogens with one attached hydrogen (secondary N) is 1. The van der Waals surface area contributed by atoms with E-state index in [0.717, 1.165) is 32.9 Å². The number of aromatic hydroxyl groups is 1. The van der Waals surface area contributed by atoms with E-state index in [4.69, 9.17) is 0 Å². The lowest BCUT2D eigenvalue weighted by Gasteiger charge is -2.29. The first kappa shape index (κ1) is 26.0. The molecule has 3 atom stereocenters. The number of imide groups is 1. The topological polar surface area (TPSA) is 152 Å². The molecule has 1 saturated heterocycles. The van der Waals surface area contributed by atoms with Crippen LogP contribution in [0.15, 0.2) is 75.9 Å². The molecule has 1 fully saturated rings. The summed E-state index contributed by atoms with van der Waals surface area (Å²) < 4.78 is 1.32. The summed E-state index contributed by atoms with van der Waals surface area (Å²) >= 11 is 3.45. The third-order valence-corrected chi connectivity index (χ3v) is 10.2. The molecule has 2 aromatic heterocycles. The standard InChI is InChI=1S/C26H18N4O7S3/c31-16-9-3-13(4-10-16)27-18(32)12-28-25-22(40-26(28)35)19(17-2-1-11-38-17)20-21(39-25)24(34)29(23(20)33)14-5-7-15(8-6-14)30(36)37/h1-11,19-21,31H,12H2,(H,27,32)/t19-,20?,21?/m1/s1. The molecule has 0 aliphatic carbocycles. The zero-order valence-corrected chi connectivity index (χ0v) is 22.7. The van der Waals surface area contributed by atoms with Crippen molar-refractivity contribution in [3.63, 3.8) is 0 Å². The van der Waals surface area contributed by atoms with E-state index in [9.17, 15) is 34.4 Å². The summed E-state index contributed by atoms with van der Waals surface area (Å²) in [5.41, 5.74) is 0.511. The van der Waals surface area contributed by atoms with Crippen LogP contribution in [-0.4, -0.2) is 37.6 Å². The lowest BCUT2D eigenvalue weighted by molar-refractivity contribution is -0.384. The van der Waals surface area contributed by atoms with Crippen LogP contribution in [-0.2, 0) is 20.9 Å². The van der Waals surface area contributed by atoms with Crippen LogP contribution in [0.1, 0.15) is 15.7 Å². The average Bonchev–Trinajstić information content (AvgIpc) is 3.63. The van der Waals surface area contributed by atoms with Crippen molar-refractivity contribution in [1.29, 1.82) is 0 Å². The van der Waals surface area contributed by atoms with Crippen LogP contribution in [0.25, 0.3) is 0 Å². The van der Waals surface area contributed by atoms with E-state index in [-0.39, 0.29) is 28.5 Å². The predicted octanol–water partition coefficient (Wildman–Crippen LogP) is 4.02. The lowest BCUT2D eigenvalue weighted by atomic mass is 9.87. The highest BCUT2D eigenvalue weighted by Gasteiger charge is 2.57. The quantitative estimate of drug-likeness (QED) is 0.147. The van der Waals surface area contributed by atoms with E-state index in [0.29, 0.717) is 15.6 Å². The Kier molecular flexibility index (Phi) is 6.52. The van der Waals surface area contributed by atoms with Gasteiger partial charge in [0.05, 0.1) is 21.6 Å². The number of aromatic nitrogens is 1. The summed E-state index contributed by atoms with van der Waals surface area (Å²) in [6.07, 6.45) is 0. The van der Waals surface area contributed by atoms with Gasteiger partial charge in [-0.05, 0) is 47.8 Å². The van der Waals surface area contributed by atoms with E-state index in [1.165, 1.54) is 64.4 Å². The number of thiophene rings is 1. The van der Waals surface area contributed by atoms with Crippen molar-refractivity contribution in [2.45, 2.75) is 22.7 Å². The van der Waals surface area contributed by atoms with E-state index in [1.54, 1.807) is 0 Å². The summed E-state index contributed by atoms with van der Waals surface area (Å²) in [6.45, 7) is -0.304. The van der Waals surface area contributed by atoms with Gasteiger partial charge in [0.1, 0.15) is 17.5 Å². The number of carbonyl (C=O) groups is 3. The second-order valence-corrected chi connectivity index (χ2v) is 12.2. The minimum absolute atomic E-state index is 0.0465. The van der Waals surface area contributed by atoms with Gasteiger partial charge >= 0.3 is 4.87 Å². The van der Waals surface area contributed by atoms with Gasteiger partial charge in [0.25, 0.3) is 5.69 Å². The van der Waals surface area contributed by atoms with Gasteiger partial charge in [0.15, 0.2) is 0 Å². The molecule has 2 unspecified atom stereocenters. The Morgan fingerprint density at radius 3 is 2.40 bits per heavy atom. The number of hydrogen-bond acceptors (Lipinski definition) is 10. The fourth-order valence-electron chi connectivity index (χ4n) is 4.90. The number of anilines is 2. The van der Waals surface area contributed by atoms with Gasteiger partial charge in [-0.25, -0.2) is 4.90 Å². The SMILES string of the molecule is O=C(Cn1c2c(sc1=O)[C@H](c1cccs1)C1C(=O)N(c3ccc([N+](=O)[O-])cc3)C(=O)C1S2)Nc1ccc(O)cc1. The monoisotopic (exact) mass is 594 g/mol. The number of thioether (sulfide) groups is 1. The van der Waals surface area contributed by atoms with Crippen molar-refractivity contribution >= 4 is 69.2 Å². The van der Waals surface area contributed by atoms with Gasteiger partial charge in [0, 0.05) is 33.5 Å². The van der Waals surface area contributed by atoms with E-state index in [1.807, 2.05) is 17.5 Å². The Hall–Kier alpha value is -4.27. The van der Waals surface area contributed by atoms with Crippen LogP contribution in [0.2, 0.25) is 0 Å². The second-order valence-electron chi connectivity index (χ2n) is 9.06. The Morgan fingerprint density at radius 1 is 1.02 bits per heavy atom. The largest absolute Gasteiger partial charge is 0.508 e. The van der Waals surface area contributed by atoms with Gasteiger partial charge in [-0.15, -0.1) is 11.3 Å². The number of thiazole rings is 1. The van der Waals surface area contributed by atoms with Crippen molar-refractivity contribution in [3.8, 4) is 5.75 Å². The Morgan fingerprint density at radius 2 is 1.75 bits per heavy atom. The number of rotatable bonds is 6. The molecule has 3 amide bonds. The number of benzene rings is 2. The van der Waals surface area contributed by atoms with Gasteiger partial charge in [-0.1, -0.05) is 29.2 Å². The molecule has 2 aliphatic heterocycles. The number of carbonyl (C=O) groups excluding carboxylic acids is 3. The number of hydrogen-bond donors (Lipinski definition) is 2. The molecule has 6 rings (SSSR count). The third kappa shape index (κ3) is 4.39. The molecular weight excluding hydrogens is 577 g/mol. The maximum Gasteiger partial charge on any atom is 0.308 e. The van der Waals surface area contributed by atoms with Crippen LogP contribution in [0.3, 0.4) is 0 Å². The molecule has 0 spiro atoms. The first-order valence-electron chi connectivity index (χ1n) is 11.9. The second kappa shape index (κ2) is 10.0. The number of phenolic OH excluding ortho intramolecular Hbond substituents is 1. The molecule has 0 radical (unpaired) electrons. The third-order valence-electron chi connectivity index (χ3n) is 6.67. The van der Waals surface area contributed by atoms with Crippen LogP contribution in [0.4, 0.5) is 17.1 Å². The number of nitrogens with zero attached hydrogens (tertiary/aromatic N) is 3. The van der Waals surface area contributed by atoms with Gasteiger partial charge < -0.3 is 10.4 Å². The smallest absolute Gasteiger partial charge is 0.308 e. The number of nitro groups is 1. The van der Waals surface area contributed by atoms with Crippen LogP contribution < -0.4 is 15.1 Å². The van der Waals surface area contributed by atoms with Crippen molar-refractivity contribution < 1.29 is 24.4 Å². The van der Waals surface area contributed by atoms with Crippen molar-refractivity contribution in [3.05, 3.63) is 95.6 Å². The number of phenols is 1. The molecule has 4 aromatic rings. The average molecular weight is 595 g/mol. The lowest BCUT2D eigenvalue weighted by Crippen LogP contribution is -2.32. The Labute approximate surface area is 237 Å². The molecule has 14 heteroatoms. The maximum absolute atomic E-state index is 13.8. The molecule has 2 N–H and O–H groups in total. The first-order valence-corrected chi connectivity index (χ1v) is 14.4. The highest BCUT2D eigenvalue weighted by molar-refractivity contribution is 8.00. The van der Waals surface area contributed by atoms with E-state index < -0.39 is 39.7 Å². The number of amides is 3. The molecular formula is C26H18N4O7S3. The molecule has 202 valence electrons. The Bertz CT molecular complexity index is 1710. The molecule has 2 aromatic carbocycles. The van der Waals surface area contributed by atoms with Crippen molar-refractivity contribution in [2.24, 2.45) is 5.92 Å². The predicted molar refractivity (Wildman–Crippen MR) is 150 cm³/mol. The molecule has 11 nitrogen and oxygen atoms in total. The number of non-ortho nitro benzene ring substituents is 1. The van der Waals surface area contributed by atoms with Gasteiger partial charge in [-0.2, -0.15) is 0 Å². The molecule has 4 heterocycles. The molecule has 0 bridgehead atoms. The van der Waals surface area contributed by atoms with Crippen LogP contribution in [0, 0.1) is 16.0 Å². The van der Waals surface area contributed by atoms with Crippen molar-refractivity contribution in [1.82, 2.24) is 4.57 Å². The summed E-state index contributed by atoms with van der Waals surface area (Å²) in [6, 6.07) is 14.8. The van der Waals surface area contributed by atoms with E-state index in [2.05, 4.69) is 5.32 Å². The summed E-state index contributed by atoms with van der Waals surface area (Å²) in [5.74, 6) is -2.72. The van der Waals surface area contributed by atoms with Gasteiger partial charge in [-0.3, -0.25) is 33.9 Å². The fourth-order valence-corrected chi connectivity index (χ4v) is 8.62. The minimum atomic E-state index is -0.859. The zero-order chi connectivity index (χ0) is 28.1. The number of fused-ring (bicyclic) bond motifs is 2. The van der Waals surface area contributed by atoms with Crippen LogP contribution in [0.5, 0.6) is 5.75 Å². The summed E-state index contributed by atoms with van der Waals surface area (Å²) in [7, 11) is 0. The maximum atomic E-state index is 13.8.